The van der Waals surface area contributed by atoms with Crippen molar-refractivity contribution in [3.8, 4) is 22.6 Å². The lowest BCUT2D eigenvalue weighted by atomic mass is 9.99. The predicted octanol–water partition coefficient (Wildman–Crippen LogP) is 3.55. The first kappa shape index (κ1) is 15.8. The Bertz CT molecular complexity index is 682. The van der Waals surface area contributed by atoms with Crippen molar-refractivity contribution in [1.29, 1.82) is 0 Å². The standard InChI is InChI=1S/C17H19NO4/c1-4-7-22-16-13(14-10-18-6-5-11(14)2)8-12(17(19)20)9-15(16)21-3/h5-6,8-10H,4,7H2,1-3H3,(H,19,20). The van der Waals surface area contributed by atoms with Gasteiger partial charge in [-0.05, 0) is 37.1 Å². The van der Waals surface area contributed by atoms with Gasteiger partial charge >= 0.3 is 5.97 Å². The van der Waals surface area contributed by atoms with Gasteiger partial charge in [0, 0.05) is 23.5 Å². The molecule has 0 bridgehead atoms. The summed E-state index contributed by atoms with van der Waals surface area (Å²) in [6.07, 6.45) is 4.24. The maximum Gasteiger partial charge on any atom is 0.335 e. The summed E-state index contributed by atoms with van der Waals surface area (Å²) in [7, 11) is 1.50. The van der Waals surface area contributed by atoms with Gasteiger partial charge in [-0.2, -0.15) is 0 Å². The van der Waals surface area contributed by atoms with Gasteiger partial charge in [0.25, 0.3) is 0 Å². The zero-order valence-electron chi connectivity index (χ0n) is 12.9. The van der Waals surface area contributed by atoms with Crippen LogP contribution in [0, 0.1) is 6.92 Å². The topological polar surface area (TPSA) is 68.7 Å². The highest BCUT2D eigenvalue weighted by Crippen LogP contribution is 2.40. The van der Waals surface area contributed by atoms with Crippen molar-refractivity contribution in [2.24, 2.45) is 0 Å². The molecule has 5 heteroatoms. The molecule has 5 nitrogen and oxygen atoms in total. The number of aryl methyl sites for hydroxylation is 1. The summed E-state index contributed by atoms with van der Waals surface area (Å²) in [5.74, 6) is -0.0554. The van der Waals surface area contributed by atoms with Crippen LogP contribution in [0.15, 0.2) is 30.6 Å². The number of carbonyl (C=O) groups is 1. The minimum Gasteiger partial charge on any atom is -0.493 e. The van der Waals surface area contributed by atoms with Gasteiger partial charge < -0.3 is 14.6 Å². The first-order chi connectivity index (χ1) is 10.6. The molecule has 0 aliphatic carbocycles. The van der Waals surface area contributed by atoms with Crippen LogP contribution >= 0.6 is 0 Å². The lowest BCUT2D eigenvalue weighted by Gasteiger charge is -2.17. The van der Waals surface area contributed by atoms with Crippen LogP contribution in [0.4, 0.5) is 0 Å². The third-order valence-electron chi connectivity index (χ3n) is 3.30. The fourth-order valence-electron chi connectivity index (χ4n) is 2.18. The predicted molar refractivity (Wildman–Crippen MR) is 83.7 cm³/mol. The smallest absolute Gasteiger partial charge is 0.335 e. The Balaban J connectivity index is 2.69. The van der Waals surface area contributed by atoms with Crippen molar-refractivity contribution in [1.82, 2.24) is 4.98 Å². The van der Waals surface area contributed by atoms with Crippen molar-refractivity contribution < 1.29 is 19.4 Å². The molecule has 2 aromatic rings. The van der Waals surface area contributed by atoms with Gasteiger partial charge in [-0.3, -0.25) is 4.98 Å². The molecule has 0 unspecified atom stereocenters. The van der Waals surface area contributed by atoms with E-state index in [0.717, 1.165) is 17.5 Å². The second-order valence-electron chi connectivity index (χ2n) is 4.90. The molecule has 0 saturated heterocycles. The third-order valence-corrected chi connectivity index (χ3v) is 3.30. The molecule has 0 fully saturated rings. The van der Waals surface area contributed by atoms with Crippen LogP contribution < -0.4 is 9.47 Å². The van der Waals surface area contributed by atoms with Gasteiger partial charge in [0.15, 0.2) is 11.5 Å². The molecule has 22 heavy (non-hydrogen) atoms. The zero-order valence-corrected chi connectivity index (χ0v) is 12.9. The van der Waals surface area contributed by atoms with E-state index in [1.165, 1.54) is 13.2 Å². The molecule has 2 rings (SSSR count). The number of aromatic nitrogens is 1. The molecule has 0 spiro atoms. The minimum atomic E-state index is -1.01. The number of benzene rings is 1. The number of hydrogen-bond donors (Lipinski definition) is 1. The summed E-state index contributed by atoms with van der Waals surface area (Å²) in [5, 5.41) is 9.30. The van der Waals surface area contributed by atoms with Crippen LogP contribution in [0.3, 0.4) is 0 Å². The molecule has 1 heterocycles. The van der Waals surface area contributed by atoms with E-state index in [-0.39, 0.29) is 5.56 Å². The van der Waals surface area contributed by atoms with Crippen molar-refractivity contribution in [2.45, 2.75) is 20.3 Å². The van der Waals surface area contributed by atoms with Crippen LogP contribution in [0.25, 0.3) is 11.1 Å². The number of nitrogens with zero attached hydrogens (tertiary/aromatic N) is 1. The highest BCUT2D eigenvalue weighted by atomic mass is 16.5. The SMILES string of the molecule is CCCOc1c(OC)cc(C(=O)O)cc1-c1cnccc1C. The van der Waals surface area contributed by atoms with Crippen LogP contribution in [0.2, 0.25) is 0 Å². The summed E-state index contributed by atoms with van der Waals surface area (Å²) in [6.45, 7) is 4.47. The van der Waals surface area contributed by atoms with Crippen LogP contribution in [-0.2, 0) is 0 Å². The minimum absolute atomic E-state index is 0.152. The van der Waals surface area contributed by atoms with E-state index in [1.54, 1.807) is 18.5 Å². The second kappa shape index (κ2) is 6.93. The van der Waals surface area contributed by atoms with E-state index in [2.05, 4.69) is 4.98 Å². The highest BCUT2D eigenvalue weighted by molar-refractivity contribution is 5.92. The monoisotopic (exact) mass is 301 g/mol. The average molecular weight is 301 g/mol. The molecule has 1 aromatic carbocycles. The Labute approximate surface area is 129 Å². The number of ether oxygens (including phenoxy) is 2. The molecule has 0 atom stereocenters. The van der Waals surface area contributed by atoms with Gasteiger partial charge in [-0.1, -0.05) is 6.92 Å². The Kier molecular flexibility index (Phi) is 4.99. The van der Waals surface area contributed by atoms with E-state index in [4.69, 9.17) is 9.47 Å². The number of carboxylic acids is 1. The quantitative estimate of drug-likeness (QED) is 0.883. The highest BCUT2D eigenvalue weighted by Gasteiger charge is 2.18. The number of pyridine rings is 1. The fourth-order valence-corrected chi connectivity index (χ4v) is 2.18. The molecule has 0 aliphatic rings. The van der Waals surface area contributed by atoms with Crippen LogP contribution in [0.1, 0.15) is 29.3 Å². The van der Waals surface area contributed by atoms with Crippen molar-refractivity contribution >= 4 is 5.97 Å². The molecule has 0 amide bonds. The van der Waals surface area contributed by atoms with Gasteiger partial charge in [0.05, 0.1) is 19.3 Å². The Morgan fingerprint density at radius 2 is 2.09 bits per heavy atom. The van der Waals surface area contributed by atoms with Crippen molar-refractivity contribution in [2.75, 3.05) is 13.7 Å². The fraction of sp³-hybridized carbons (Fsp3) is 0.294. The molecule has 1 aromatic heterocycles. The van der Waals surface area contributed by atoms with E-state index in [9.17, 15) is 9.90 Å². The Hall–Kier alpha value is -2.56. The molecule has 0 aliphatic heterocycles. The Morgan fingerprint density at radius 3 is 2.68 bits per heavy atom. The van der Waals surface area contributed by atoms with Crippen LogP contribution in [0.5, 0.6) is 11.5 Å². The van der Waals surface area contributed by atoms with Gasteiger partial charge in [-0.15, -0.1) is 0 Å². The summed E-state index contributed by atoms with van der Waals surface area (Å²) >= 11 is 0. The van der Waals surface area contributed by atoms with Gasteiger partial charge in [0.1, 0.15) is 0 Å². The maximum atomic E-state index is 11.4. The summed E-state index contributed by atoms with van der Waals surface area (Å²) < 4.78 is 11.1. The number of rotatable bonds is 6. The first-order valence-corrected chi connectivity index (χ1v) is 7.07. The average Bonchev–Trinajstić information content (AvgIpc) is 2.52. The van der Waals surface area contributed by atoms with E-state index < -0.39 is 5.97 Å². The van der Waals surface area contributed by atoms with Crippen LogP contribution in [-0.4, -0.2) is 29.8 Å². The van der Waals surface area contributed by atoms with E-state index >= 15 is 0 Å². The molecular formula is C17H19NO4. The molecule has 116 valence electrons. The second-order valence-corrected chi connectivity index (χ2v) is 4.90. The van der Waals surface area contributed by atoms with Crippen molar-refractivity contribution in [3.63, 3.8) is 0 Å². The van der Waals surface area contributed by atoms with Gasteiger partial charge in [0.2, 0.25) is 0 Å². The third kappa shape index (κ3) is 3.19. The normalized spacial score (nSPS) is 10.3. The number of carboxylic acid groups (broad SMARTS) is 1. The number of aromatic carboxylic acids is 1. The summed E-state index contributed by atoms with van der Waals surface area (Å²) in [5.41, 5.74) is 2.64. The summed E-state index contributed by atoms with van der Waals surface area (Å²) in [4.78, 5) is 15.5. The van der Waals surface area contributed by atoms with E-state index in [1.807, 2.05) is 19.9 Å². The number of methoxy groups -OCH3 is 1. The molecule has 0 saturated carbocycles. The van der Waals surface area contributed by atoms with E-state index in [0.29, 0.717) is 23.7 Å². The molecule has 0 radical (unpaired) electrons. The summed E-state index contributed by atoms with van der Waals surface area (Å²) in [6, 6.07) is 4.95. The lowest BCUT2D eigenvalue weighted by molar-refractivity contribution is 0.0696. The number of hydrogen-bond acceptors (Lipinski definition) is 4. The lowest BCUT2D eigenvalue weighted by Crippen LogP contribution is -2.04. The van der Waals surface area contributed by atoms with Crippen molar-refractivity contribution in [3.05, 3.63) is 41.7 Å². The Morgan fingerprint density at radius 1 is 1.32 bits per heavy atom. The van der Waals surface area contributed by atoms with Gasteiger partial charge in [-0.25, -0.2) is 4.79 Å². The first-order valence-electron chi connectivity index (χ1n) is 7.07. The largest absolute Gasteiger partial charge is 0.493 e. The zero-order chi connectivity index (χ0) is 16.1. The maximum absolute atomic E-state index is 11.4. The molecule has 1 N–H and O–H groups in total. The molecular weight excluding hydrogens is 282 g/mol.